The first-order chi connectivity index (χ1) is 11.4. The highest BCUT2D eigenvalue weighted by Gasteiger charge is 2.22. The molecule has 0 saturated carbocycles. The molecule has 3 rings (SSSR count). The van der Waals surface area contributed by atoms with E-state index in [0.29, 0.717) is 18.5 Å². The van der Waals surface area contributed by atoms with Crippen LogP contribution in [0, 0.1) is 0 Å². The second kappa shape index (κ2) is 7.87. The zero-order chi connectivity index (χ0) is 15.9. The minimum Gasteiger partial charge on any atom is -0.396 e. The van der Waals surface area contributed by atoms with Gasteiger partial charge in [-0.15, -0.1) is 0 Å². The Hall–Kier alpha value is -2.21. The van der Waals surface area contributed by atoms with Gasteiger partial charge in [0.1, 0.15) is 5.82 Å². The van der Waals surface area contributed by atoms with Crippen LogP contribution in [0.4, 0.5) is 11.8 Å². The van der Waals surface area contributed by atoms with Crippen LogP contribution < -0.4 is 10.2 Å². The Bertz CT molecular complexity index is 588. The van der Waals surface area contributed by atoms with Gasteiger partial charge in [0.15, 0.2) is 0 Å². The third-order valence-corrected chi connectivity index (χ3v) is 4.21. The SMILES string of the molecule is OCC[C@@H]1CCCCN1c1ccc(CNc2ncccn2)cn1. The second-order valence-electron chi connectivity index (χ2n) is 5.81. The maximum Gasteiger partial charge on any atom is 0.222 e. The lowest BCUT2D eigenvalue weighted by molar-refractivity contribution is 0.262. The van der Waals surface area contributed by atoms with Crippen molar-refractivity contribution in [2.75, 3.05) is 23.4 Å². The molecule has 1 atom stereocenters. The number of rotatable bonds is 6. The number of nitrogens with zero attached hydrogens (tertiary/aromatic N) is 4. The van der Waals surface area contributed by atoms with E-state index in [2.05, 4.69) is 37.3 Å². The van der Waals surface area contributed by atoms with Gasteiger partial charge in [0.05, 0.1) is 0 Å². The van der Waals surface area contributed by atoms with Gasteiger partial charge in [-0.25, -0.2) is 15.0 Å². The van der Waals surface area contributed by atoms with Gasteiger partial charge in [0.25, 0.3) is 0 Å². The van der Waals surface area contributed by atoms with E-state index in [1.54, 1.807) is 18.5 Å². The first kappa shape index (κ1) is 15.7. The summed E-state index contributed by atoms with van der Waals surface area (Å²) in [5.74, 6) is 1.62. The molecule has 23 heavy (non-hydrogen) atoms. The highest BCUT2D eigenvalue weighted by Crippen LogP contribution is 2.25. The highest BCUT2D eigenvalue weighted by atomic mass is 16.3. The molecule has 2 aromatic heterocycles. The largest absolute Gasteiger partial charge is 0.396 e. The molecule has 2 aromatic rings. The number of hydrogen-bond donors (Lipinski definition) is 2. The smallest absolute Gasteiger partial charge is 0.222 e. The van der Waals surface area contributed by atoms with Crippen molar-refractivity contribution in [3.8, 4) is 0 Å². The Morgan fingerprint density at radius 1 is 1.17 bits per heavy atom. The minimum atomic E-state index is 0.236. The van der Waals surface area contributed by atoms with E-state index in [9.17, 15) is 5.11 Å². The number of pyridine rings is 1. The summed E-state index contributed by atoms with van der Waals surface area (Å²) in [5.41, 5.74) is 1.09. The van der Waals surface area contributed by atoms with Crippen LogP contribution in [0.5, 0.6) is 0 Å². The number of anilines is 2. The van der Waals surface area contributed by atoms with Crippen molar-refractivity contribution in [1.29, 1.82) is 0 Å². The molecule has 2 N–H and O–H groups in total. The van der Waals surface area contributed by atoms with Crippen LogP contribution in [0.25, 0.3) is 0 Å². The maximum absolute atomic E-state index is 9.24. The summed E-state index contributed by atoms with van der Waals surface area (Å²) in [6, 6.07) is 6.35. The molecule has 0 spiro atoms. The second-order valence-corrected chi connectivity index (χ2v) is 5.81. The number of aliphatic hydroxyl groups is 1. The van der Waals surface area contributed by atoms with Gasteiger partial charge in [0.2, 0.25) is 5.95 Å². The van der Waals surface area contributed by atoms with Crippen LogP contribution in [0.15, 0.2) is 36.8 Å². The predicted molar refractivity (Wildman–Crippen MR) is 90.3 cm³/mol. The number of aromatic nitrogens is 3. The molecule has 0 bridgehead atoms. The van der Waals surface area contributed by atoms with Gasteiger partial charge in [-0.05, 0) is 43.4 Å². The minimum absolute atomic E-state index is 0.236. The Morgan fingerprint density at radius 3 is 2.78 bits per heavy atom. The molecular formula is C17H23N5O. The molecule has 1 aliphatic rings. The fourth-order valence-electron chi connectivity index (χ4n) is 3.01. The quantitative estimate of drug-likeness (QED) is 0.852. The van der Waals surface area contributed by atoms with E-state index in [1.165, 1.54) is 12.8 Å². The first-order valence-corrected chi connectivity index (χ1v) is 8.20. The van der Waals surface area contributed by atoms with Crippen molar-refractivity contribution in [1.82, 2.24) is 15.0 Å². The summed E-state index contributed by atoms with van der Waals surface area (Å²) in [7, 11) is 0. The molecular weight excluding hydrogens is 290 g/mol. The van der Waals surface area contributed by atoms with Crippen molar-refractivity contribution in [3.63, 3.8) is 0 Å². The topological polar surface area (TPSA) is 74.2 Å². The van der Waals surface area contributed by atoms with Gasteiger partial charge >= 0.3 is 0 Å². The van der Waals surface area contributed by atoms with E-state index in [-0.39, 0.29) is 6.61 Å². The van der Waals surface area contributed by atoms with Crippen LogP contribution in [0.3, 0.4) is 0 Å². The summed E-state index contributed by atoms with van der Waals surface area (Å²) < 4.78 is 0. The molecule has 0 amide bonds. The van der Waals surface area contributed by atoms with Crippen LogP contribution >= 0.6 is 0 Å². The van der Waals surface area contributed by atoms with Gasteiger partial charge in [-0.2, -0.15) is 0 Å². The Balaban J connectivity index is 1.62. The van der Waals surface area contributed by atoms with Crippen molar-refractivity contribution >= 4 is 11.8 Å². The summed E-state index contributed by atoms with van der Waals surface area (Å²) in [6.07, 6.45) is 9.71. The lowest BCUT2D eigenvalue weighted by atomic mass is 9.99. The maximum atomic E-state index is 9.24. The Morgan fingerprint density at radius 2 is 2.04 bits per heavy atom. The Kier molecular flexibility index (Phi) is 5.37. The van der Waals surface area contributed by atoms with Crippen molar-refractivity contribution in [2.45, 2.75) is 38.3 Å². The van der Waals surface area contributed by atoms with E-state index >= 15 is 0 Å². The molecule has 0 aromatic carbocycles. The molecule has 3 heterocycles. The van der Waals surface area contributed by atoms with E-state index in [0.717, 1.165) is 30.8 Å². The zero-order valence-corrected chi connectivity index (χ0v) is 13.2. The summed E-state index contributed by atoms with van der Waals surface area (Å²) >= 11 is 0. The fourth-order valence-corrected chi connectivity index (χ4v) is 3.01. The third-order valence-electron chi connectivity index (χ3n) is 4.21. The van der Waals surface area contributed by atoms with Crippen LogP contribution in [0.2, 0.25) is 0 Å². The molecule has 1 saturated heterocycles. The zero-order valence-electron chi connectivity index (χ0n) is 13.2. The average molecular weight is 313 g/mol. The predicted octanol–water partition coefficient (Wildman–Crippen LogP) is 2.22. The van der Waals surface area contributed by atoms with Crippen LogP contribution in [-0.4, -0.2) is 39.3 Å². The van der Waals surface area contributed by atoms with Gasteiger partial charge in [0, 0.05) is 44.3 Å². The van der Waals surface area contributed by atoms with Crippen molar-refractivity contribution < 1.29 is 5.11 Å². The van der Waals surface area contributed by atoms with E-state index in [1.807, 2.05) is 6.20 Å². The first-order valence-electron chi connectivity index (χ1n) is 8.20. The molecule has 0 radical (unpaired) electrons. The molecule has 6 heteroatoms. The molecule has 6 nitrogen and oxygen atoms in total. The number of aliphatic hydroxyl groups excluding tert-OH is 1. The monoisotopic (exact) mass is 313 g/mol. The molecule has 0 aliphatic carbocycles. The normalized spacial score (nSPS) is 18.0. The average Bonchev–Trinajstić information content (AvgIpc) is 2.62. The number of nitrogens with one attached hydrogen (secondary N) is 1. The number of piperidine rings is 1. The molecule has 1 aliphatic heterocycles. The van der Waals surface area contributed by atoms with E-state index < -0.39 is 0 Å². The fraction of sp³-hybridized carbons (Fsp3) is 0.471. The summed E-state index contributed by atoms with van der Waals surface area (Å²) in [6.45, 7) is 1.91. The summed E-state index contributed by atoms with van der Waals surface area (Å²) in [4.78, 5) is 15.2. The van der Waals surface area contributed by atoms with Gasteiger partial charge in [-0.1, -0.05) is 6.07 Å². The van der Waals surface area contributed by atoms with E-state index in [4.69, 9.17) is 0 Å². The highest BCUT2D eigenvalue weighted by molar-refractivity contribution is 5.41. The number of hydrogen-bond acceptors (Lipinski definition) is 6. The van der Waals surface area contributed by atoms with Gasteiger partial charge in [-0.3, -0.25) is 0 Å². The standard InChI is InChI=1S/C17H23N5O/c23-11-7-15-4-1-2-10-22(15)16-6-5-14(12-20-16)13-21-17-18-8-3-9-19-17/h3,5-6,8-9,12,15,23H,1-2,4,7,10-11,13H2,(H,18,19,21)/t15-/m0/s1. The molecule has 0 unspecified atom stereocenters. The van der Waals surface area contributed by atoms with Crippen molar-refractivity contribution in [2.24, 2.45) is 0 Å². The van der Waals surface area contributed by atoms with Crippen LogP contribution in [0.1, 0.15) is 31.2 Å². The van der Waals surface area contributed by atoms with Crippen LogP contribution in [-0.2, 0) is 6.54 Å². The van der Waals surface area contributed by atoms with Crippen molar-refractivity contribution in [3.05, 3.63) is 42.4 Å². The lowest BCUT2D eigenvalue weighted by Crippen LogP contribution is -2.40. The Labute approximate surface area is 136 Å². The third kappa shape index (κ3) is 4.16. The molecule has 1 fully saturated rings. The van der Waals surface area contributed by atoms with Gasteiger partial charge < -0.3 is 15.3 Å². The molecule has 122 valence electrons. The lowest BCUT2D eigenvalue weighted by Gasteiger charge is -2.36. The summed E-state index contributed by atoms with van der Waals surface area (Å²) in [5, 5.41) is 12.4.